The molecule has 3 N–H and O–H groups in total. The minimum Gasteiger partial charge on any atom is -0.396 e. The van der Waals surface area contributed by atoms with E-state index in [1.165, 1.54) is 6.42 Å². The van der Waals surface area contributed by atoms with Crippen molar-refractivity contribution in [2.45, 2.75) is 25.8 Å². The summed E-state index contributed by atoms with van der Waals surface area (Å²) in [6, 6.07) is 0.331. The van der Waals surface area contributed by atoms with Gasteiger partial charge < -0.3 is 15.7 Å². The number of likely N-dealkylation sites (tertiary alicyclic amines) is 1. The Morgan fingerprint density at radius 2 is 2.33 bits per heavy atom. The van der Waals surface area contributed by atoms with E-state index in [-0.39, 0.29) is 0 Å². The zero-order valence-corrected chi connectivity index (χ0v) is 7.87. The topological polar surface area (TPSA) is 49.5 Å². The van der Waals surface area contributed by atoms with Crippen LogP contribution in [0.4, 0.5) is 0 Å². The Morgan fingerprint density at radius 1 is 1.58 bits per heavy atom. The molecule has 1 rings (SSSR count). The Hall–Kier alpha value is -0.120. The number of rotatable bonds is 3. The second kappa shape index (κ2) is 4.80. The predicted molar refractivity (Wildman–Crippen MR) is 49.9 cm³/mol. The molecule has 0 saturated carbocycles. The van der Waals surface area contributed by atoms with Crippen LogP contribution < -0.4 is 5.73 Å². The molecule has 1 aliphatic rings. The van der Waals surface area contributed by atoms with E-state index >= 15 is 0 Å². The summed E-state index contributed by atoms with van der Waals surface area (Å²) < 4.78 is 0. The van der Waals surface area contributed by atoms with E-state index in [1.807, 2.05) is 0 Å². The molecule has 0 aromatic rings. The molecule has 1 saturated heterocycles. The van der Waals surface area contributed by atoms with Crippen LogP contribution in [0.25, 0.3) is 0 Å². The van der Waals surface area contributed by atoms with Gasteiger partial charge in [0.15, 0.2) is 0 Å². The lowest BCUT2D eigenvalue weighted by atomic mass is 9.94. The van der Waals surface area contributed by atoms with Gasteiger partial charge in [0.05, 0.1) is 0 Å². The van der Waals surface area contributed by atoms with Crippen LogP contribution >= 0.6 is 0 Å². The van der Waals surface area contributed by atoms with Crippen molar-refractivity contribution in [3.05, 3.63) is 0 Å². The molecule has 1 aliphatic heterocycles. The van der Waals surface area contributed by atoms with Gasteiger partial charge in [-0.1, -0.05) is 6.92 Å². The molecule has 72 valence electrons. The summed E-state index contributed by atoms with van der Waals surface area (Å²) in [4.78, 5) is 2.35. The van der Waals surface area contributed by atoms with Gasteiger partial charge in [-0.3, -0.25) is 0 Å². The lowest BCUT2D eigenvalue weighted by Crippen LogP contribution is -2.47. The second-order valence-electron chi connectivity index (χ2n) is 3.81. The molecule has 0 aromatic heterocycles. The van der Waals surface area contributed by atoms with Crippen molar-refractivity contribution in [2.75, 3.05) is 26.2 Å². The molecule has 3 nitrogen and oxygen atoms in total. The van der Waals surface area contributed by atoms with Gasteiger partial charge in [0.2, 0.25) is 0 Å². The van der Waals surface area contributed by atoms with E-state index in [9.17, 15) is 0 Å². The van der Waals surface area contributed by atoms with Crippen LogP contribution in [0.5, 0.6) is 0 Å². The summed E-state index contributed by atoms with van der Waals surface area (Å²) in [7, 11) is 0. The minimum atomic E-state index is 0.293. The van der Waals surface area contributed by atoms with Crippen molar-refractivity contribution in [1.29, 1.82) is 0 Å². The van der Waals surface area contributed by atoms with Gasteiger partial charge in [-0.25, -0.2) is 0 Å². The molecule has 0 amide bonds. The van der Waals surface area contributed by atoms with Crippen molar-refractivity contribution < 1.29 is 5.11 Å². The fourth-order valence-corrected chi connectivity index (χ4v) is 1.67. The number of piperidine rings is 1. The molecule has 0 spiro atoms. The maximum Gasteiger partial charge on any atom is 0.0443 e. The van der Waals surface area contributed by atoms with E-state index in [1.54, 1.807) is 0 Å². The third-order valence-electron chi connectivity index (χ3n) is 2.73. The summed E-state index contributed by atoms with van der Waals surface area (Å²) in [5.41, 5.74) is 5.94. The van der Waals surface area contributed by atoms with E-state index < -0.39 is 0 Å². The first-order chi connectivity index (χ1) is 5.74. The van der Waals surface area contributed by atoms with Gasteiger partial charge in [0.25, 0.3) is 0 Å². The number of hydrogen-bond donors (Lipinski definition) is 2. The van der Waals surface area contributed by atoms with Crippen LogP contribution in [-0.2, 0) is 0 Å². The maximum atomic E-state index is 8.66. The molecule has 3 heteroatoms. The van der Waals surface area contributed by atoms with Crippen LogP contribution in [0.2, 0.25) is 0 Å². The fraction of sp³-hybridized carbons (Fsp3) is 1.00. The van der Waals surface area contributed by atoms with Gasteiger partial charge in [-0.2, -0.15) is 0 Å². The second-order valence-corrected chi connectivity index (χ2v) is 3.81. The summed E-state index contributed by atoms with van der Waals surface area (Å²) in [5, 5.41) is 8.66. The molecule has 2 atom stereocenters. The first kappa shape index (κ1) is 9.96. The maximum absolute atomic E-state index is 8.66. The Morgan fingerprint density at radius 3 is 2.92 bits per heavy atom. The Labute approximate surface area is 74.5 Å². The van der Waals surface area contributed by atoms with Crippen molar-refractivity contribution in [1.82, 2.24) is 4.90 Å². The lowest BCUT2D eigenvalue weighted by molar-refractivity contribution is 0.155. The highest BCUT2D eigenvalue weighted by atomic mass is 16.3. The standard InChI is InChI=1S/C9H20N2O/c1-8-3-5-11(4-2-6-12)7-9(8)10/h8-9,12H,2-7,10H2,1H3. The smallest absolute Gasteiger partial charge is 0.0443 e. The van der Waals surface area contributed by atoms with Crippen molar-refractivity contribution in [3.63, 3.8) is 0 Å². The third kappa shape index (κ3) is 2.73. The van der Waals surface area contributed by atoms with Crippen molar-refractivity contribution in [3.8, 4) is 0 Å². The molecule has 1 fully saturated rings. The number of nitrogens with zero attached hydrogens (tertiary/aromatic N) is 1. The quantitative estimate of drug-likeness (QED) is 0.632. The molecular formula is C9H20N2O. The predicted octanol–water partition coefficient (Wildman–Crippen LogP) is 0.0379. The zero-order chi connectivity index (χ0) is 8.97. The molecule has 2 unspecified atom stereocenters. The molecule has 0 aliphatic carbocycles. The van der Waals surface area contributed by atoms with Crippen LogP contribution in [0.3, 0.4) is 0 Å². The summed E-state index contributed by atoms with van der Waals surface area (Å²) in [5.74, 6) is 0.662. The van der Waals surface area contributed by atoms with Crippen LogP contribution in [0.15, 0.2) is 0 Å². The lowest BCUT2D eigenvalue weighted by Gasteiger charge is -2.34. The molecule has 1 heterocycles. The van der Waals surface area contributed by atoms with Gasteiger partial charge in [-0.15, -0.1) is 0 Å². The highest BCUT2D eigenvalue weighted by molar-refractivity contribution is 4.80. The fourth-order valence-electron chi connectivity index (χ4n) is 1.67. The Balaban J connectivity index is 2.21. The monoisotopic (exact) mass is 172 g/mol. The van der Waals surface area contributed by atoms with Gasteiger partial charge in [0, 0.05) is 25.7 Å². The number of aliphatic hydroxyl groups excluding tert-OH is 1. The van der Waals surface area contributed by atoms with Crippen LogP contribution in [-0.4, -0.2) is 42.3 Å². The minimum absolute atomic E-state index is 0.293. The average molecular weight is 172 g/mol. The van der Waals surface area contributed by atoms with Gasteiger partial charge >= 0.3 is 0 Å². The Bertz CT molecular complexity index is 128. The molecule has 12 heavy (non-hydrogen) atoms. The van der Waals surface area contributed by atoms with Gasteiger partial charge in [-0.05, 0) is 25.3 Å². The van der Waals surface area contributed by atoms with E-state index in [4.69, 9.17) is 10.8 Å². The molecule has 0 radical (unpaired) electrons. The van der Waals surface area contributed by atoms with E-state index in [0.717, 1.165) is 26.1 Å². The number of nitrogens with two attached hydrogens (primary N) is 1. The highest BCUT2D eigenvalue weighted by Crippen LogP contribution is 2.15. The first-order valence-corrected chi connectivity index (χ1v) is 4.83. The normalized spacial score (nSPS) is 32.2. The van der Waals surface area contributed by atoms with Gasteiger partial charge in [0.1, 0.15) is 0 Å². The third-order valence-corrected chi connectivity index (χ3v) is 2.73. The number of hydrogen-bond acceptors (Lipinski definition) is 3. The zero-order valence-electron chi connectivity index (χ0n) is 7.87. The van der Waals surface area contributed by atoms with Crippen molar-refractivity contribution in [2.24, 2.45) is 11.7 Å². The van der Waals surface area contributed by atoms with Crippen molar-refractivity contribution >= 4 is 0 Å². The van der Waals surface area contributed by atoms with Crippen LogP contribution in [0, 0.1) is 5.92 Å². The average Bonchev–Trinajstić information content (AvgIpc) is 2.07. The summed E-state index contributed by atoms with van der Waals surface area (Å²) in [6.07, 6.45) is 2.08. The van der Waals surface area contributed by atoms with Crippen LogP contribution in [0.1, 0.15) is 19.8 Å². The SMILES string of the molecule is CC1CCN(CCCO)CC1N. The first-order valence-electron chi connectivity index (χ1n) is 4.83. The summed E-state index contributed by atoms with van der Waals surface area (Å²) in [6.45, 7) is 5.66. The molecule has 0 aromatic carbocycles. The molecule has 0 bridgehead atoms. The highest BCUT2D eigenvalue weighted by Gasteiger charge is 2.22. The Kier molecular flexibility index (Phi) is 3.98. The van der Waals surface area contributed by atoms with E-state index in [0.29, 0.717) is 18.6 Å². The van der Waals surface area contributed by atoms with E-state index in [2.05, 4.69) is 11.8 Å². The summed E-state index contributed by atoms with van der Waals surface area (Å²) >= 11 is 0. The molecular weight excluding hydrogens is 152 g/mol. The number of aliphatic hydroxyl groups is 1. The largest absolute Gasteiger partial charge is 0.396 e.